The number of carbonyl (C=O) groups excluding carboxylic acids is 1. The molecule has 1 heterocycles. The van der Waals surface area contributed by atoms with Crippen molar-refractivity contribution in [2.45, 2.75) is 32.7 Å². The predicted molar refractivity (Wildman–Crippen MR) is 77.5 cm³/mol. The smallest absolute Gasteiger partial charge is 0.254 e. The summed E-state index contributed by atoms with van der Waals surface area (Å²) in [5, 5.41) is 0. The molecule has 2 rings (SSSR count). The van der Waals surface area contributed by atoms with Crippen molar-refractivity contribution in [2.75, 3.05) is 12.3 Å². The Balaban J connectivity index is 2.24. The summed E-state index contributed by atoms with van der Waals surface area (Å²) in [6.45, 7) is 5.15. The summed E-state index contributed by atoms with van der Waals surface area (Å²) in [4.78, 5) is 14.5. The van der Waals surface area contributed by atoms with Gasteiger partial charge in [-0.25, -0.2) is 0 Å². The monoisotopic (exact) mass is 310 g/mol. The SMILES string of the molecule is CC1CCC(C)N(C(=O)c2cc(N)cc(Br)c2)C1. The quantitative estimate of drug-likeness (QED) is 0.809. The van der Waals surface area contributed by atoms with Gasteiger partial charge in [0, 0.05) is 28.3 Å². The van der Waals surface area contributed by atoms with Gasteiger partial charge in [-0.05, 0) is 43.9 Å². The van der Waals surface area contributed by atoms with Crippen molar-refractivity contribution in [1.29, 1.82) is 0 Å². The van der Waals surface area contributed by atoms with Crippen LogP contribution in [0.3, 0.4) is 0 Å². The van der Waals surface area contributed by atoms with Gasteiger partial charge in [-0.15, -0.1) is 0 Å². The summed E-state index contributed by atoms with van der Waals surface area (Å²) in [5.74, 6) is 0.664. The summed E-state index contributed by atoms with van der Waals surface area (Å²) >= 11 is 3.38. The van der Waals surface area contributed by atoms with E-state index in [9.17, 15) is 4.79 Å². The Morgan fingerprint density at radius 1 is 1.33 bits per heavy atom. The second kappa shape index (κ2) is 5.31. The van der Waals surface area contributed by atoms with E-state index >= 15 is 0 Å². The average Bonchev–Trinajstić information content (AvgIpc) is 2.30. The number of piperidine rings is 1. The topological polar surface area (TPSA) is 46.3 Å². The molecule has 3 nitrogen and oxygen atoms in total. The maximum atomic E-state index is 12.5. The van der Waals surface area contributed by atoms with Gasteiger partial charge < -0.3 is 10.6 Å². The molecule has 0 aromatic heterocycles. The maximum absolute atomic E-state index is 12.5. The normalized spacial score (nSPS) is 24.1. The molecule has 0 radical (unpaired) electrons. The third kappa shape index (κ3) is 2.86. The molecule has 0 aliphatic carbocycles. The fourth-order valence-electron chi connectivity index (χ4n) is 2.47. The molecule has 2 N–H and O–H groups in total. The van der Waals surface area contributed by atoms with E-state index in [1.54, 1.807) is 12.1 Å². The first-order valence-electron chi connectivity index (χ1n) is 6.34. The van der Waals surface area contributed by atoms with Crippen molar-refractivity contribution < 1.29 is 4.79 Å². The van der Waals surface area contributed by atoms with Crippen molar-refractivity contribution in [3.63, 3.8) is 0 Å². The second-order valence-electron chi connectivity index (χ2n) is 5.26. The molecule has 4 heteroatoms. The molecule has 1 aromatic carbocycles. The van der Waals surface area contributed by atoms with Gasteiger partial charge in [-0.3, -0.25) is 4.79 Å². The number of halogens is 1. The molecule has 1 fully saturated rings. The van der Waals surface area contributed by atoms with E-state index in [4.69, 9.17) is 5.73 Å². The predicted octanol–water partition coefficient (Wildman–Crippen LogP) is 3.29. The van der Waals surface area contributed by atoms with E-state index in [0.29, 0.717) is 23.2 Å². The van der Waals surface area contributed by atoms with Crippen LogP contribution in [0.25, 0.3) is 0 Å². The molecule has 1 aromatic rings. The standard InChI is InChI=1S/C14H19BrN2O/c1-9-3-4-10(2)17(8-9)14(18)11-5-12(15)7-13(16)6-11/h5-7,9-10H,3-4,8,16H2,1-2H3. The van der Waals surface area contributed by atoms with Crippen LogP contribution in [0.4, 0.5) is 5.69 Å². The van der Waals surface area contributed by atoms with Crippen LogP contribution in [0.2, 0.25) is 0 Å². The number of benzene rings is 1. The highest BCUT2D eigenvalue weighted by molar-refractivity contribution is 9.10. The van der Waals surface area contributed by atoms with Gasteiger partial charge >= 0.3 is 0 Å². The summed E-state index contributed by atoms with van der Waals surface area (Å²) in [5.41, 5.74) is 7.07. The molecule has 1 amide bonds. The first-order chi connectivity index (χ1) is 8.47. The lowest BCUT2D eigenvalue weighted by atomic mass is 9.94. The molecule has 1 aliphatic rings. The third-order valence-corrected chi connectivity index (χ3v) is 4.00. The summed E-state index contributed by atoms with van der Waals surface area (Å²) in [7, 11) is 0. The number of carbonyl (C=O) groups is 1. The fourth-order valence-corrected chi connectivity index (χ4v) is 2.98. The minimum absolute atomic E-state index is 0.0852. The Bertz CT molecular complexity index is 441. The van der Waals surface area contributed by atoms with Crippen LogP contribution < -0.4 is 5.73 Å². The fraction of sp³-hybridized carbons (Fsp3) is 0.500. The summed E-state index contributed by atoms with van der Waals surface area (Å²) in [6, 6.07) is 5.71. The van der Waals surface area contributed by atoms with Crippen molar-refractivity contribution in [3.05, 3.63) is 28.2 Å². The van der Waals surface area contributed by atoms with E-state index in [2.05, 4.69) is 29.8 Å². The van der Waals surface area contributed by atoms with Crippen LogP contribution in [0.1, 0.15) is 37.0 Å². The lowest BCUT2D eigenvalue weighted by Gasteiger charge is -2.37. The van der Waals surface area contributed by atoms with Gasteiger partial charge in [-0.2, -0.15) is 0 Å². The van der Waals surface area contributed by atoms with Crippen LogP contribution in [0, 0.1) is 5.92 Å². The highest BCUT2D eigenvalue weighted by Gasteiger charge is 2.27. The van der Waals surface area contributed by atoms with E-state index in [0.717, 1.165) is 17.4 Å². The van der Waals surface area contributed by atoms with Gasteiger partial charge in [0.15, 0.2) is 0 Å². The average molecular weight is 311 g/mol. The van der Waals surface area contributed by atoms with Gasteiger partial charge in [-0.1, -0.05) is 22.9 Å². The largest absolute Gasteiger partial charge is 0.399 e. The van der Waals surface area contributed by atoms with Crippen molar-refractivity contribution in [3.8, 4) is 0 Å². The van der Waals surface area contributed by atoms with Crippen molar-refractivity contribution in [2.24, 2.45) is 5.92 Å². The Hall–Kier alpha value is -1.03. The van der Waals surface area contributed by atoms with E-state index < -0.39 is 0 Å². The van der Waals surface area contributed by atoms with Crippen LogP contribution >= 0.6 is 15.9 Å². The first kappa shape index (κ1) is 13.4. The molecule has 0 spiro atoms. The maximum Gasteiger partial charge on any atom is 0.254 e. The van der Waals surface area contributed by atoms with Crippen molar-refractivity contribution in [1.82, 2.24) is 4.90 Å². The Morgan fingerprint density at radius 2 is 2.06 bits per heavy atom. The van der Waals surface area contributed by atoms with Gasteiger partial charge in [0.05, 0.1) is 0 Å². The number of anilines is 1. The minimum atomic E-state index is 0.0852. The summed E-state index contributed by atoms with van der Waals surface area (Å²) in [6.07, 6.45) is 2.28. The highest BCUT2D eigenvalue weighted by Crippen LogP contribution is 2.25. The molecule has 0 bridgehead atoms. The zero-order chi connectivity index (χ0) is 13.3. The van der Waals surface area contributed by atoms with E-state index in [1.165, 1.54) is 6.42 Å². The van der Waals surface area contributed by atoms with Gasteiger partial charge in [0.2, 0.25) is 0 Å². The molecule has 2 unspecified atom stereocenters. The van der Waals surface area contributed by atoms with Gasteiger partial charge in [0.25, 0.3) is 5.91 Å². The molecule has 98 valence electrons. The zero-order valence-corrected chi connectivity index (χ0v) is 12.4. The second-order valence-corrected chi connectivity index (χ2v) is 6.18. The molecular formula is C14H19BrN2O. The lowest BCUT2D eigenvalue weighted by molar-refractivity contribution is 0.0574. The molecule has 2 atom stereocenters. The van der Waals surface area contributed by atoms with Gasteiger partial charge in [0.1, 0.15) is 0 Å². The number of likely N-dealkylation sites (tertiary alicyclic amines) is 1. The van der Waals surface area contributed by atoms with Crippen LogP contribution in [0.15, 0.2) is 22.7 Å². The third-order valence-electron chi connectivity index (χ3n) is 3.55. The van der Waals surface area contributed by atoms with Crippen molar-refractivity contribution >= 4 is 27.5 Å². The van der Waals surface area contributed by atoms with E-state index in [1.807, 2.05) is 11.0 Å². The summed E-state index contributed by atoms with van der Waals surface area (Å²) < 4.78 is 0.851. The highest BCUT2D eigenvalue weighted by atomic mass is 79.9. The Labute approximate surface area is 116 Å². The number of nitrogen functional groups attached to an aromatic ring is 1. The molecule has 1 saturated heterocycles. The molecule has 0 saturated carbocycles. The lowest BCUT2D eigenvalue weighted by Crippen LogP contribution is -2.44. The number of rotatable bonds is 1. The van der Waals surface area contributed by atoms with E-state index in [-0.39, 0.29) is 5.91 Å². The number of hydrogen-bond acceptors (Lipinski definition) is 2. The zero-order valence-electron chi connectivity index (χ0n) is 10.8. The number of nitrogens with two attached hydrogens (primary N) is 1. The first-order valence-corrected chi connectivity index (χ1v) is 7.13. The molecule has 1 aliphatic heterocycles. The molecular weight excluding hydrogens is 292 g/mol. The van der Waals surface area contributed by atoms with Crippen LogP contribution in [-0.2, 0) is 0 Å². The number of hydrogen-bond donors (Lipinski definition) is 1. The number of nitrogens with zero attached hydrogens (tertiary/aromatic N) is 1. The van der Waals surface area contributed by atoms with Crippen LogP contribution in [-0.4, -0.2) is 23.4 Å². The molecule has 18 heavy (non-hydrogen) atoms. The number of amides is 1. The minimum Gasteiger partial charge on any atom is -0.399 e. The van der Waals surface area contributed by atoms with Crippen LogP contribution in [0.5, 0.6) is 0 Å². The Kier molecular flexibility index (Phi) is 3.95. The Morgan fingerprint density at radius 3 is 2.72 bits per heavy atom.